The van der Waals surface area contributed by atoms with Gasteiger partial charge in [-0.3, -0.25) is 4.68 Å². The van der Waals surface area contributed by atoms with Crippen molar-refractivity contribution in [3.63, 3.8) is 0 Å². The molecule has 1 N–H and O–H groups in total. The minimum Gasteiger partial charge on any atom is -0.356 e. The van der Waals surface area contributed by atoms with E-state index in [2.05, 4.69) is 40.0 Å². The number of unbranched alkanes of at least 4 members (excludes halogenated alkanes) is 1. The zero-order valence-electron chi connectivity index (χ0n) is 12.0. The van der Waals surface area contributed by atoms with Gasteiger partial charge in [0.15, 0.2) is 0 Å². The molecule has 0 amide bonds. The number of hydrogen-bond donors (Lipinski definition) is 1. The van der Waals surface area contributed by atoms with Crippen molar-refractivity contribution in [2.45, 2.75) is 46.2 Å². The summed E-state index contributed by atoms with van der Waals surface area (Å²) in [5, 5.41) is 7.67. The van der Waals surface area contributed by atoms with Gasteiger partial charge >= 0.3 is 0 Å². The Hall–Kier alpha value is -1.78. The molecule has 2 aromatic rings. The largest absolute Gasteiger partial charge is 0.356 e. The van der Waals surface area contributed by atoms with Crippen LogP contribution in [0.5, 0.6) is 0 Å². The van der Waals surface area contributed by atoms with Gasteiger partial charge in [-0.2, -0.15) is 5.10 Å². The SMILES string of the molecule is CCCCNc1nc(C)cn1C(C)Cn1cccn1. The van der Waals surface area contributed by atoms with Gasteiger partial charge in [-0.15, -0.1) is 0 Å². The third-order valence-electron chi connectivity index (χ3n) is 3.15. The summed E-state index contributed by atoms with van der Waals surface area (Å²) in [6, 6.07) is 2.27. The molecular weight excluding hydrogens is 238 g/mol. The maximum Gasteiger partial charge on any atom is 0.203 e. The molecule has 0 radical (unpaired) electrons. The summed E-state index contributed by atoms with van der Waals surface area (Å²) in [5.74, 6) is 0.964. The molecule has 5 heteroatoms. The minimum absolute atomic E-state index is 0.324. The van der Waals surface area contributed by atoms with E-state index in [4.69, 9.17) is 0 Å². The van der Waals surface area contributed by atoms with Gasteiger partial charge in [-0.1, -0.05) is 13.3 Å². The number of nitrogens with zero attached hydrogens (tertiary/aromatic N) is 4. The quantitative estimate of drug-likeness (QED) is 0.780. The third kappa shape index (κ3) is 3.59. The topological polar surface area (TPSA) is 47.7 Å². The normalized spacial score (nSPS) is 12.6. The molecule has 0 aliphatic rings. The molecule has 2 rings (SSSR count). The van der Waals surface area contributed by atoms with E-state index in [1.807, 2.05) is 30.1 Å². The molecule has 0 aliphatic carbocycles. The fourth-order valence-electron chi connectivity index (χ4n) is 2.13. The predicted octanol–water partition coefficient (Wildman–Crippen LogP) is 2.86. The van der Waals surface area contributed by atoms with Crippen molar-refractivity contribution in [1.82, 2.24) is 19.3 Å². The van der Waals surface area contributed by atoms with Gasteiger partial charge in [-0.25, -0.2) is 4.98 Å². The average molecular weight is 261 g/mol. The lowest BCUT2D eigenvalue weighted by Crippen LogP contribution is -2.16. The summed E-state index contributed by atoms with van der Waals surface area (Å²) in [6.07, 6.45) is 8.26. The highest BCUT2D eigenvalue weighted by Crippen LogP contribution is 2.17. The molecule has 0 fully saturated rings. The number of nitrogens with one attached hydrogen (secondary N) is 1. The monoisotopic (exact) mass is 261 g/mol. The number of anilines is 1. The standard InChI is InChI=1S/C14H23N5/c1-4-5-7-15-14-17-12(2)10-19(14)13(3)11-18-9-6-8-16-18/h6,8-10,13H,4-5,7,11H2,1-3H3,(H,15,17). The van der Waals surface area contributed by atoms with Crippen LogP contribution in [0.25, 0.3) is 0 Å². The van der Waals surface area contributed by atoms with E-state index >= 15 is 0 Å². The molecule has 1 atom stereocenters. The highest BCUT2D eigenvalue weighted by molar-refractivity contribution is 5.29. The second kappa shape index (κ2) is 6.41. The van der Waals surface area contributed by atoms with Crippen LogP contribution in [0.3, 0.4) is 0 Å². The molecule has 19 heavy (non-hydrogen) atoms. The van der Waals surface area contributed by atoms with E-state index in [1.165, 1.54) is 12.8 Å². The van der Waals surface area contributed by atoms with Crippen molar-refractivity contribution in [3.05, 3.63) is 30.4 Å². The predicted molar refractivity (Wildman–Crippen MR) is 77.3 cm³/mol. The fraction of sp³-hybridized carbons (Fsp3) is 0.571. The van der Waals surface area contributed by atoms with Crippen molar-refractivity contribution in [2.24, 2.45) is 0 Å². The molecule has 5 nitrogen and oxygen atoms in total. The summed E-state index contributed by atoms with van der Waals surface area (Å²) in [5.41, 5.74) is 1.05. The van der Waals surface area contributed by atoms with Crippen LogP contribution >= 0.6 is 0 Å². The van der Waals surface area contributed by atoms with Crippen molar-refractivity contribution < 1.29 is 0 Å². The maximum atomic E-state index is 4.55. The Labute approximate surface area is 114 Å². The van der Waals surface area contributed by atoms with Crippen LogP contribution in [-0.4, -0.2) is 25.9 Å². The van der Waals surface area contributed by atoms with E-state index in [-0.39, 0.29) is 0 Å². The van der Waals surface area contributed by atoms with Crippen molar-refractivity contribution in [3.8, 4) is 0 Å². The van der Waals surface area contributed by atoms with Gasteiger partial charge in [0.1, 0.15) is 0 Å². The number of aromatic nitrogens is 4. The van der Waals surface area contributed by atoms with Crippen LogP contribution < -0.4 is 5.32 Å². The van der Waals surface area contributed by atoms with Crippen LogP contribution in [0.2, 0.25) is 0 Å². The Morgan fingerprint density at radius 3 is 2.95 bits per heavy atom. The maximum absolute atomic E-state index is 4.55. The van der Waals surface area contributed by atoms with Gasteiger partial charge in [0, 0.05) is 25.1 Å². The van der Waals surface area contributed by atoms with E-state index < -0.39 is 0 Å². The Bertz CT molecular complexity index is 486. The lowest BCUT2D eigenvalue weighted by Gasteiger charge is -2.17. The molecule has 104 valence electrons. The minimum atomic E-state index is 0.324. The first-order chi connectivity index (χ1) is 9.20. The molecule has 0 aliphatic heterocycles. The van der Waals surface area contributed by atoms with Gasteiger partial charge in [0.2, 0.25) is 5.95 Å². The molecule has 0 bridgehead atoms. The Morgan fingerprint density at radius 1 is 1.42 bits per heavy atom. The highest BCUT2D eigenvalue weighted by atomic mass is 15.3. The van der Waals surface area contributed by atoms with E-state index in [1.54, 1.807) is 0 Å². The van der Waals surface area contributed by atoms with Gasteiger partial charge in [-0.05, 0) is 26.3 Å². The summed E-state index contributed by atoms with van der Waals surface area (Å²) < 4.78 is 4.16. The van der Waals surface area contributed by atoms with Crippen molar-refractivity contribution >= 4 is 5.95 Å². The van der Waals surface area contributed by atoms with Crippen LogP contribution in [0, 0.1) is 6.92 Å². The second-order valence-corrected chi connectivity index (χ2v) is 4.97. The van der Waals surface area contributed by atoms with Crippen LogP contribution in [0.1, 0.15) is 38.4 Å². The molecule has 0 aromatic carbocycles. The molecule has 0 spiro atoms. The van der Waals surface area contributed by atoms with Crippen LogP contribution in [-0.2, 0) is 6.54 Å². The highest BCUT2D eigenvalue weighted by Gasteiger charge is 2.12. The first-order valence-electron chi connectivity index (χ1n) is 6.97. The molecule has 2 aromatic heterocycles. The zero-order valence-corrected chi connectivity index (χ0v) is 12.0. The Kier molecular flexibility index (Phi) is 4.60. The van der Waals surface area contributed by atoms with Crippen LogP contribution in [0.15, 0.2) is 24.7 Å². The summed E-state index contributed by atoms with van der Waals surface area (Å²) in [4.78, 5) is 4.55. The third-order valence-corrected chi connectivity index (χ3v) is 3.15. The lowest BCUT2D eigenvalue weighted by atomic mass is 10.3. The summed E-state index contributed by atoms with van der Waals surface area (Å²) in [6.45, 7) is 8.24. The second-order valence-electron chi connectivity index (χ2n) is 4.97. The summed E-state index contributed by atoms with van der Waals surface area (Å²) >= 11 is 0. The number of imidazole rings is 1. The molecule has 0 saturated carbocycles. The first-order valence-corrected chi connectivity index (χ1v) is 6.97. The molecule has 1 unspecified atom stereocenters. The average Bonchev–Trinajstić information content (AvgIpc) is 2.99. The van der Waals surface area contributed by atoms with Gasteiger partial charge in [0.05, 0.1) is 18.3 Å². The smallest absolute Gasteiger partial charge is 0.203 e. The number of hydrogen-bond acceptors (Lipinski definition) is 3. The van der Waals surface area contributed by atoms with Crippen molar-refractivity contribution in [1.29, 1.82) is 0 Å². The number of aryl methyl sites for hydroxylation is 1. The zero-order chi connectivity index (χ0) is 13.7. The van der Waals surface area contributed by atoms with E-state index in [0.717, 1.165) is 24.7 Å². The summed E-state index contributed by atoms with van der Waals surface area (Å²) in [7, 11) is 0. The first kappa shape index (κ1) is 13.6. The number of rotatable bonds is 7. The van der Waals surface area contributed by atoms with Gasteiger partial charge in [0.25, 0.3) is 0 Å². The molecular formula is C14H23N5. The van der Waals surface area contributed by atoms with Crippen molar-refractivity contribution in [2.75, 3.05) is 11.9 Å². The molecule has 2 heterocycles. The Balaban J connectivity index is 2.05. The van der Waals surface area contributed by atoms with Crippen LogP contribution in [0.4, 0.5) is 5.95 Å². The fourth-order valence-corrected chi connectivity index (χ4v) is 2.13. The van der Waals surface area contributed by atoms with E-state index in [0.29, 0.717) is 6.04 Å². The lowest BCUT2D eigenvalue weighted by molar-refractivity contribution is 0.440. The Morgan fingerprint density at radius 2 is 2.26 bits per heavy atom. The van der Waals surface area contributed by atoms with E-state index in [9.17, 15) is 0 Å². The molecule has 0 saturated heterocycles. The van der Waals surface area contributed by atoms with Gasteiger partial charge < -0.3 is 9.88 Å².